The van der Waals surface area contributed by atoms with Gasteiger partial charge in [-0.05, 0) is 37.6 Å². The van der Waals surface area contributed by atoms with Crippen LogP contribution in [0.2, 0.25) is 0 Å². The highest BCUT2D eigenvalue weighted by Crippen LogP contribution is 2.39. The number of hydrogen-bond acceptors (Lipinski definition) is 3. The summed E-state index contributed by atoms with van der Waals surface area (Å²) in [5, 5.41) is 3.31. The molecule has 0 unspecified atom stereocenters. The van der Waals surface area contributed by atoms with E-state index in [0.29, 0.717) is 18.0 Å². The van der Waals surface area contributed by atoms with Crippen LogP contribution in [-0.4, -0.2) is 38.9 Å². The molecule has 5 heteroatoms. The quantitative estimate of drug-likeness (QED) is 0.868. The number of aryl methyl sites for hydroxylation is 1. The van der Waals surface area contributed by atoms with Crippen LogP contribution in [0.1, 0.15) is 12.0 Å². The van der Waals surface area contributed by atoms with E-state index in [-0.39, 0.29) is 5.41 Å². The van der Waals surface area contributed by atoms with Crippen molar-refractivity contribution in [2.24, 2.45) is 5.41 Å². The Morgan fingerprint density at radius 2 is 2.11 bits per heavy atom. The summed E-state index contributed by atoms with van der Waals surface area (Å²) in [6.45, 7) is 5.20. The molecule has 0 amide bonds. The highest BCUT2D eigenvalue weighted by molar-refractivity contribution is 7.89. The van der Waals surface area contributed by atoms with Crippen LogP contribution >= 0.6 is 0 Å². The molecule has 2 saturated heterocycles. The lowest BCUT2D eigenvalue weighted by molar-refractivity contribution is 0.0917. The monoisotopic (exact) mass is 266 g/mol. The van der Waals surface area contributed by atoms with Gasteiger partial charge < -0.3 is 5.32 Å². The maximum Gasteiger partial charge on any atom is 0.243 e. The van der Waals surface area contributed by atoms with Gasteiger partial charge in [0.05, 0.1) is 4.90 Å². The lowest BCUT2D eigenvalue weighted by Crippen LogP contribution is -2.59. The molecule has 2 fully saturated rings. The van der Waals surface area contributed by atoms with Crippen molar-refractivity contribution in [3.8, 4) is 0 Å². The van der Waals surface area contributed by atoms with Gasteiger partial charge in [0.1, 0.15) is 0 Å². The first-order chi connectivity index (χ1) is 8.52. The lowest BCUT2D eigenvalue weighted by atomic mass is 9.81. The number of nitrogens with zero attached hydrogens (tertiary/aromatic N) is 1. The molecule has 1 spiro atoms. The van der Waals surface area contributed by atoms with Gasteiger partial charge >= 0.3 is 0 Å². The van der Waals surface area contributed by atoms with Gasteiger partial charge in [-0.15, -0.1) is 0 Å². The molecule has 1 aromatic rings. The minimum Gasteiger partial charge on any atom is -0.316 e. The van der Waals surface area contributed by atoms with Gasteiger partial charge in [-0.1, -0.05) is 12.1 Å². The predicted octanol–water partition coefficient (Wildman–Crippen LogP) is 0.979. The molecule has 18 heavy (non-hydrogen) atoms. The Labute approximate surface area is 108 Å². The second kappa shape index (κ2) is 4.05. The maximum atomic E-state index is 12.4. The molecular weight excluding hydrogens is 248 g/mol. The Balaban J connectivity index is 1.80. The van der Waals surface area contributed by atoms with Gasteiger partial charge in [-0.2, -0.15) is 4.31 Å². The van der Waals surface area contributed by atoms with Crippen LogP contribution in [0.25, 0.3) is 0 Å². The van der Waals surface area contributed by atoms with Crippen molar-refractivity contribution in [3.63, 3.8) is 0 Å². The Morgan fingerprint density at radius 1 is 1.33 bits per heavy atom. The number of benzene rings is 1. The zero-order valence-corrected chi connectivity index (χ0v) is 11.3. The average Bonchev–Trinajstić information content (AvgIpc) is 2.76. The summed E-state index contributed by atoms with van der Waals surface area (Å²) in [7, 11) is -3.28. The Hall–Kier alpha value is -0.910. The first kappa shape index (κ1) is 12.1. The zero-order chi connectivity index (χ0) is 12.8. The summed E-state index contributed by atoms with van der Waals surface area (Å²) in [6, 6.07) is 7.14. The standard InChI is InChI=1S/C13H18N2O2S/c1-11-3-2-4-12(7-11)18(16,17)15-9-13(10-15)5-6-14-8-13/h2-4,7,14H,5-6,8-10H2,1H3. The molecule has 0 radical (unpaired) electrons. The van der Waals surface area contributed by atoms with Crippen molar-refractivity contribution in [1.29, 1.82) is 0 Å². The largest absolute Gasteiger partial charge is 0.316 e. The molecule has 3 rings (SSSR count). The van der Waals surface area contributed by atoms with Crippen molar-refractivity contribution in [1.82, 2.24) is 9.62 Å². The summed E-state index contributed by atoms with van der Waals surface area (Å²) in [6.07, 6.45) is 1.09. The van der Waals surface area contributed by atoms with E-state index in [0.717, 1.165) is 25.1 Å². The van der Waals surface area contributed by atoms with Crippen LogP contribution in [0, 0.1) is 12.3 Å². The number of nitrogens with one attached hydrogen (secondary N) is 1. The SMILES string of the molecule is Cc1cccc(S(=O)(=O)N2CC3(CCNC3)C2)c1. The summed E-state index contributed by atoms with van der Waals surface area (Å²) in [5.41, 5.74) is 1.19. The van der Waals surface area contributed by atoms with Gasteiger partial charge in [0.2, 0.25) is 10.0 Å². The van der Waals surface area contributed by atoms with Crippen LogP contribution in [0.5, 0.6) is 0 Å². The molecule has 2 aliphatic rings. The summed E-state index contributed by atoms with van der Waals surface area (Å²) < 4.78 is 26.4. The lowest BCUT2D eigenvalue weighted by Gasteiger charge is -2.46. The van der Waals surface area contributed by atoms with Crippen molar-refractivity contribution in [2.75, 3.05) is 26.2 Å². The van der Waals surface area contributed by atoms with Crippen LogP contribution in [0.15, 0.2) is 29.2 Å². The normalized spacial score (nSPS) is 23.2. The number of sulfonamides is 1. The van der Waals surface area contributed by atoms with Crippen molar-refractivity contribution in [2.45, 2.75) is 18.2 Å². The molecule has 1 aromatic carbocycles. The maximum absolute atomic E-state index is 12.4. The van der Waals surface area contributed by atoms with E-state index in [1.165, 1.54) is 0 Å². The molecule has 2 heterocycles. The smallest absolute Gasteiger partial charge is 0.243 e. The number of rotatable bonds is 2. The molecular formula is C13H18N2O2S. The molecule has 98 valence electrons. The summed E-state index contributed by atoms with van der Waals surface area (Å²) >= 11 is 0. The second-order valence-corrected chi connectivity index (χ2v) is 7.45. The zero-order valence-electron chi connectivity index (χ0n) is 10.5. The van der Waals surface area contributed by atoms with E-state index in [1.807, 2.05) is 13.0 Å². The Kier molecular flexibility index (Phi) is 2.73. The molecule has 2 aliphatic heterocycles. The van der Waals surface area contributed by atoms with Gasteiger partial charge in [-0.3, -0.25) is 0 Å². The van der Waals surface area contributed by atoms with Crippen LogP contribution in [-0.2, 0) is 10.0 Å². The van der Waals surface area contributed by atoms with Gasteiger partial charge in [-0.25, -0.2) is 8.42 Å². The van der Waals surface area contributed by atoms with Crippen molar-refractivity contribution in [3.05, 3.63) is 29.8 Å². The van der Waals surface area contributed by atoms with E-state index in [9.17, 15) is 8.42 Å². The van der Waals surface area contributed by atoms with Crippen LogP contribution in [0.4, 0.5) is 0 Å². The van der Waals surface area contributed by atoms with Crippen molar-refractivity contribution < 1.29 is 8.42 Å². The van der Waals surface area contributed by atoms with Crippen molar-refractivity contribution >= 4 is 10.0 Å². The fraction of sp³-hybridized carbons (Fsp3) is 0.538. The van der Waals surface area contributed by atoms with Gasteiger partial charge in [0, 0.05) is 25.0 Å². The third kappa shape index (κ3) is 1.86. The minimum absolute atomic E-state index is 0.205. The average molecular weight is 266 g/mol. The minimum atomic E-state index is -3.28. The van der Waals surface area contributed by atoms with Gasteiger partial charge in [0.25, 0.3) is 0 Å². The van der Waals surface area contributed by atoms with Crippen LogP contribution < -0.4 is 5.32 Å². The first-order valence-corrected chi connectivity index (χ1v) is 7.74. The van der Waals surface area contributed by atoms with Gasteiger partial charge in [0.15, 0.2) is 0 Å². The molecule has 0 atom stereocenters. The van der Waals surface area contributed by atoms with E-state index in [1.54, 1.807) is 22.5 Å². The highest BCUT2D eigenvalue weighted by Gasteiger charge is 2.49. The Bertz CT molecular complexity index is 554. The molecule has 0 bridgehead atoms. The number of hydrogen-bond donors (Lipinski definition) is 1. The molecule has 4 nitrogen and oxygen atoms in total. The Morgan fingerprint density at radius 3 is 2.72 bits per heavy atom. The third-order valence-electron chi connectivity index (χ3n) is 3.98. The van der Waals surface area contributed by atoms with E-state index in [2.05, 4.69) is 5.32 Å². The fourth-order valence-electron chi connectivity index (χ4n) is 2.86. The molecule has 0 aliphatic carbocycles. The van der Waals surface area contributed by atoms with E-state index < -0.39 is 10.0 Å². The topological polar surface area (TPSA) is 49.4 Å². The summed E-state index contributed by atoms with van der Waals surface area (Å²) in [4.78, 5) is 0.420. The summed E-state index contributed by atoms with van der Waals surface area (Å²) in [5.74, 6) is 0. The molecule has 0 aromatic heterocycles. The predicted molar refractivity (Wildman–Crippen MR) is 69.9 cm³/mol. The van der Waals surface area contributed by atoms with E-state index >= 15 is 0 Å². The van der Waals surface area contributed by atoms with Crippen LogP contribution in [0.3, 0.4) is 0 Å². The third-order valence-corrected chi connectivity index (χ3v) is 5.77. The van der Waals surface area contributed by atoms with E-state index in [4.69, 9.17) is 0 Å². The fourth-order valence-corrected chi connectivity index (χ4v) is 4.63. The second-order valence-electron chi connectivity index (χ2n) is 5.52. The highest BCUT2D eigenvalue weighted by atomic mass is 32.2. The molecule has 0 saturated carbocycles. The first-order valence-electron chi connectivity index (χ1n) is 6.30. The molecule has 1 N–H and O–H groups in total.